The molecule has 0 radical (unpaired) electrons. The van der Waals surface area contributed by atoms with E-state index in [9.17, 15) is 20.4 Å². The van der Waals surface area contributed by atoms with Gasteiger partial charge < -0.3 is 20.4 Å². The zero-order valence-corrected chi connectivity index (χ0v) is 28.3. The molecule has 0 aliphatic carbocycles. The average Bonchev–Trinajstić information content (AvgIpc) is 3.53. The minimum Gasteiger partial charge on any atom is -0.508 e. The Hall–Kier alpha value is -4.98. The zero-order chi connectivity index (χ0) is 33.7. The first-order chi connectivity index (χ1) is 23.2. The van der Waals surface area contributed by atoms with E-state index in [2.05, 4.69) is 39.2 Å². The Morgan fingerprint density at radius 3 is 1.85 bits per heavy atom. The van der Waals surface area contributed by atoms with Crippen molar-refractivity contribution in [1.82, 2.24) is 9.13 Å². The van der Waals surface area contributed by atoms with Gasteiger partial charge in [-0.3, -0.25) is 0 Å². The van der Waals surface area contributed by atoms with E-state index < -0.39 is 0 Å². The SMILES string of the molecule is CCCCC1Cc2cc(O)ccc2-c2n(C)c3cc(O)ccc3[n+]21.CCCCC1Cc2cc(O)ccc2-c2n1c1cc(O)ccc1[n+]2C. The number of imidazole rings is 2. The molecule has 2 aliphatic rings. The molecule has 248 valence electrons. The largest absolute Gasteiger partial charge is 0.508 e. The van der Waals surface area contributed by atoms with Gasteiger partial charge >= 0.3 is 0 Å². The summed E-state index contributed by atoms with van der Waals surface area (Å²) in [5.41, 5.74) is 9.12. The highest BCUT2D eigenvalue weighted by atomic mass is 16.3. The third kappa shape index (κ3) is 5.33. The fourth-order valence-corrected chi connectivity index (χ4v) is 8.08. The molecule has 0 bridgehead atoms. The highest BCUT2D eigenvalue weighted by Crippen LogP contribution is 2.40. The van der Waals surface area contributed by atoms with Crippen molar-refractivity contribution in [3.8, 4) is 45.8 Å². The maximum atomic E-state index is 9.98. The molecule has 8 nitrogen and oxygen atoms in total. The van der Waals surface area contributed by atoms with Crippen LogP contribution in [0.15, 0.2) is 72.8 Å². The Bertz CT molecular complexity index is 2120. The summed E-state index contributed by atoms with van der Waals surface area (Å²) in [7, 11) is 4.12. The molecule has 4 N–H and O–H groups in total. The standard InChI is InChI=1S/2C20H22N2O2/c1-3-4-5-14-10-13-11-15(23)6-8-17(13)20-21(2)19-12-16(24)7-9-18(19)22(14)20;1-3-4-5-14-10-13-11-15(23)6-8-17(13)20-21(2)18-9-7-16(24)12-19(18)22(14)20/h2*6-9,11-12,14,24H,3-5,10H2,1-2H3/p+2. The molecule has 2 aliphatic heterocycles. The maximum absolute atomic E-state index is 9.98. The Morgan fingerprint density at radius 2 is 1.19 bits per heavy atom. The number of benzene rings is 4. The Balaban J connectivity index is 0.000000152. The molecule has 0 saturated heterocycles. The van der Waals surface area contributed by atoms with Crippen molar-refractivity contribution in [1.29, 1.82) is 0 Å². The summed E-state index contributed by atoms with van der Waals surface area (Å²) in [6.07, 6.45) is 8.74. The zero-order valence-electron chi connectivity index (χ0n) is 28.3. The number of hydrogen-bond acceptors (Lipinski definition) is 4. The molecular weight excluding hydrogens is 600 g/mol. The first-order valence-electron chi connectivity index (χ1n) is 17.3. The minimum atomic E-state index is 0.289. The van der Waals surface area contributed by atoms with Gasteiger partial charge in [-0.15, -0.1) is 0 Å². The number of phenols is 4. The summed E-state index contributed by atoms with van der Waals surface area (Å²) in [6.45, 7) is 4.43. The van der Waals surface area contributed by atoms with E-state index in [0.717, 1.165) is 65.8 Å². The first kappa shape index (κ1) is 31.6. The van der Waals surface area contributed by atoms with Crippen molar-refractivity contribution in [2.45, 2.75) is 77.3 Å². The molecule has 0 fully saturated rings. The van der Waals surface area contributed by atoms with Crippen LogP contribution < -0.4 is 9.13 Å². The quantitative estimate of drug-likeness (QED) is 0.140. The molecule has 4 aromatic carbocycles. The third-order valence-electron chi connectivity index (χ3n) is 10.3. The molecule has 48 heavy (non-hydrogen) atoms. The molecule has 4 heterocycles. The van der Waals surface area contributed by atoms with E-state index in [1.165, 1.54) is 41.5 Å². The van der Waals surface area contributed by atoms with Gasteiger partial charge in [-0.1, -0.05) is 26.7 Å². The van der Waals surface area contributed by atoms with Crippen LogP contribution >= 0.6 is 0 Å². The van der Waals surface area contributed by atoms with E-state index in [0.29, 0.717) is 29.3 Å². The summed E-state index contributed by atoms with van der Waals surface area (Å²) >= 11 is 0. The number of rotatable bonds is 6. The van der Waals surface area contributed by atoms with Crippen LogP contribution in [-0.4, -0.2) is 29.6 Å². The monoisotopic (exact) mass is 646 g/mol. The van der Waals surface area contributed by atoms with Crippen molar-refractivity contribution in [2.75, 3.05) is 0 Å². The van der Waals surface area contributed by atoms with Crippen molar-refractivity contribution < 1.29 is 29.6 Å². The van der Waals surface area contributed by atoms with Gasteiger partial charge in [0, 0.05) is 25.0 Å². The van der Waals surface area contributed by atoms with Crippen LogP contribution in [0.5, 0.6) is 23.0 Å². The average molecular weight is 647 g/mol. The number of nitrogens with zero attached hydrogens (tertiary/aromatic N) is 4. The Kier molecular flexibility index (Phi) is 8.27. The van der Waals surface area contributed by atoms with Crippen molar-refractivity contribution >= 4 is 22.1 Å². The molecule has 0 saturated carbocycles. The topological polar surface area (TPSA) is 98.5 Å². The van der Waals surface area contributed by atoms with Gasteiger partial charge in [-0.2, -0.15) is 0 Å². The first-order valence-corrected chi connectivity index (χ1v) is 17.3. The van der Waals surface area contributed by atoms with Gasteiger partial charge in [0.1, 0.15) is 35.1 Å². The van der Waals surface area contributed by atoms with Gasteiger partial charge in [0.25, 0.3) is 11.6 Å². The minimum absolute atomic E-state index is 0.289. The third-order valence-corrected chi connectivity index (χ3v) is 10.3. The fraction of sp³-hybridized carbons (Fsp3) is 0.350. The smallest absolute Gasteiger partial charge is 0.290 e. The van der Waals surface area contributed by atoms with E-state index in [1.807, 2.05) is 55.6 Å². The molecular formula is C40H46N4O4+2. The summed E-state index contributed by atoms with van der Waals surface area (Å²) in [6, 6.07) is 23.2. The van der Waals surface area contributed by atoms with Crippen LogP contribution in [0.3, 0.4) is 0 Å². The normalized spacial score (nSPS) is 16.2. The number of fused-ring (bicyclic) bond motifs is 10. The van der Waals surface area contributed by atoms with E-state index in [1.54, 1.807) is 24.3 Å². The molecule has 2 aromatic heterocycles. The second kappa shape index (κ2) is 12.6. The van der Waals surface area contributed by atoms with Crippen LogP contribution in [0.2, 0.25) is 0 Å². The molecule has 0 amide bonds. The number of hydrogen-bond donors (Lipinski definition) is 4. The predicted octanol–water partition coefficient (Wildman–Crippen LogP) is 7.66. The van der Waals surface area contributed by atoms with E-state index >= 15 is 0 Å². The van der Waals surface area contributed by atoms with E-state index in [4.69, 9.17) is 0 Å². The van der Waals surface area contributed by atoms with Crippen LogP contribution in [0, 0.1) is 0 Å². The van der Waals surface area contributed by atoms with Gasteiger partial charge in [-0.05, 0) is 97.5 Å². The van der Waals surface area contributed by atoms with Crippen LogP contribution in [0.25, 0.3) is 44.8 Å². The lowest BCUT2D eigenvalue weighted by Gasteiger charge is -2.23. The molecule has 2 atom stereocenters. The van der Waals surface area contributed by atoms with Gasteiger partial charge in [0.05, 0.1) is 25.2 Å². The van der Waals surface area contributed by atoms with Crippen LogP contribution in [0.4, 0.5) is 0 Å². The maximum Gasteiger partial charge on any atom is 0.290 e. The predicted molar refractivity (Wildman–Crippen MR) is 188 cm³/mol. The van der Waals surface area contributed by atoms with Crippen LogP contribution in [-0.2, 0) is 26.9 Å². The molecule has 8 rings (SSSR count). The van der Waals surface area contributed by atoms with Crippen molar-refractivity contribution in [3.63, 3.8) is 0 Å². The molecule has 6 aromatic rings. The lowest BCUT2D eigenvalue weighted by molar-refractivity contribution is -0.691. The van der Waals surface area contributed by atoms with Crippen molar-refractivity contribution in [3.05, 3.63) is 83.9 Å². The summed E-state index contributed by atoms with van der Waals surface area (Å²) in [5, 5.41) is 39.7. The molecule has 2 unspecified atom stereocenters. The Labute approximate surface area is 281 Å². The number of phenolic OH excluding ortho intramolecular Hbond substituents is 4. The van der Waals surface area contributed by atoms with Crippen molar-refractivity contribution in [2.24, 2.45) is 14.1 Å². The van der Waals surface area contributed by atoms with Gasteiger partial charge in [0.2, 0.25) is 0 Å². The summed E-state index contributed by atoms with van der Waals surface area (Å²) in [5.74, 6) is 3.54. The second-order valence-electron chi connectivity index (χ2n) is 13.5. The number of aromatic hydroxyl groups is 4. The summed E-state index contributed by atoms with van der Waals surface area (Å²) < 4.78 is 9.15. The summed E-state index contributed by atoms with van der Waals surface area (Å²) in [4.78, 5) is 0. The fourth-order valence-electron chi connectivity index (χ4n) is 8.08. The van der Waals surface area contributed by atoms with Crippen LogP contribution in [0.1, 0.15) is 75.6 Å². The van der Waals surface area contributed by atoms with E-state index in [-0.39, 0.29) is 5.75 Å². The number of aryl methyl sites for hydroxylation is 2. The highest BCUT2D eigenvalue weighted by molar-refractivity contribution is 5.80. The number of unbranched alkanes of at least 4 members (excludes halogenated alkanes) is 2. The van der Waals surface area contributed by atoms with Gasteiger partial charge in [-0.25, -0.2) is 18.3 Å². The lowest BCUT2D eigenvalue weighted by atomic mass is 9.92. The molecule has 0 spiro atoms. The second-order valence-corrected chi connectivity index (χ2v) is 13.5. The molecule has 8 heteroatoms. The Morgan fingerprint density at radius 1 is 0.646 bits per heavy atom. The van der Waals surface area contributed by atoms with Gasteiger partial charge in [0.15, 0.2) is 22.1 Å². The number of aromatic nitrogens is 4. The lowest BCUT2D eigenvalue weighted by Crippen LogP contribution is -2.45. The highest BCUT2D eigenvalue weighted by Gasteiger charge is 2.37.